The number of ether oxygens (including phenoxy) is 3. The highest BCUT2D eigenvalue weighted by atomic mass is 35.5. The average Bonchev–Trinajstić information content (AvgIpc) is 2.92. The van der Waals surface area contributed by atoms with Gasteiger partial charge in [-0.15, -0.1) is 0 Å². The number of likely N-dealkylation sites (tertiary alicyclic amines) is 1. The van der Waals surface area contributed by atoms with Crippen LogP contribution in [-0.2, 0) is 14.2 Å². The minimum absolute atomic E-state index is 0.0428. The maximum absolute atomic E-state index is 13.1. The van der Waals surface area contributed by atoms with E-state index in [9.17, 15) is 9.59 Å². The van der Waals surface area contributed by atoms with Crippen LogP contribution >= 0.6 is 11.6 Å². The zero-order valence-corrected chi connectivity index (χ0v) is 23.1. The van der Waals surface area contributed by atoms with E-state index < -0.39 is 6.09 Å². The molecule has 2 saturated heterocycles. The summed E-state index contributed by atoms with van der Waals surface area (Å²) in [5.41, 5.74) is 2.10. The maximum atomic E-state index is 13.1. The first-order valence-corrected chi connectivity index (χ1v) is 13.8. The van der Waals surface area contributed by atoms with Crippen LogP contribution in [0.5, 0.6) is 0 Å². The third kappa shape index (κ3) is 9.32. The van der Waals surface area contributed by atoms with Crippen molar-refractivity contribution in [2.45, 2.75) is 51.2 Å². The molecule has 37 heavy (non-hydrogen) atoms. The van der Waals surface area contributed by atoms with Crippen molar-refractivity contribution in [3.05, 3.63) is 34.3 Å². The lowest BCUT2D eigenvalue weighted by Crippen LogP contribution is -2.50. The number of hydrogen-bond acceptors (Lipinski definition) is 6. The van der Waals surface area contributed by atoms with Gasteiger partial charge >= 0.3 is 12.1 Å². The van der Waals surface area contributed by atoms with Gasteiger partial charge in [-0.2, -0.15) is 0 Å². The number of carbonyl (C=O) groups excluding carboxylic acids is 2. The summed E-state index contributed by atoms with van der Waals surface area (Å²) >= 11 is 6.34. The molecule has 0 saturated carbocycles. The molecule has 2 aliphatic heterocycles. The van der Waals surface area contributed by atoms with E-state index in [1.807, 2.05) is 37.1 Å². The smallest absolute Gasteiger partial charge is 0.406 e. The second-order valence-corrected chi connectivity index (χ2v) is 10.5. The Morgan fingerprint density at radius 2 is 2.08 bits per heavy atom. The molecule has 1 aromatic rings. The number of rotatable bonds is 11. The van der Waals surface area contributed by atoms with Gasteiger partial charge < -0.3 is 35.1 Å². The minimum atomic E-state index is -0.490. The van der Waals surface area contributed by atoms with Gasteiger partial charge in [-0.05, 0) is 75.3 Å². The first kappa shape index (κ1) is 29.5. The molecular formula is C27H43ClN4O5. The fourth-order valence-corrected chi connectivity index (χ4v) is 5.45. The molecule has 3 rings (SSSR count). The standard InChI is InChI=1S/C27H43ClN4O5/c1-19-8-9-22(28)15-24(19)25(37-13-10-30-27(34)35-3)21-7-4-11-32(17-21)26(33)31-16-23(29-2)14-20-6-5-12-36-18-20/h8-9,15,20-21,23,25,29H,4-7,10-14,16-18H2,1-3H3,(H,30,34)(H,31,33)/t20?,21?,23-,25-/m1/s1. The summed E-state index contributed by atoms with van der Waals surface area (Å²) < 4.78 is 16.6. The molecular weight excluding hydrogens is 496 g/mol. The van der Waals surface area contributed by atoms with Crippen molar-refractivity contribution in [2.75, 3.05) is 60.2 Å². The number of nitrogens with one attached hydrogen (secondary N) is 3. The Morgan fingerprint density at radius 3 is 2.81 bits per heavy atom. The van der Waals surface area contributed by atoms with Gasteiger partial charge in [0.2, 0.25) is 0 Å². The molecule has 2 unspecified atom stereocenters. The molecule has 9 nitrogen and oxygen atoms in total. The van der Waals surface area contributed by atoms with Gasteiger partial charge in [0, 0.05) is 56.4 Å². The molecule has 0 aliphatic carbocycles. The zero-order valence-electron chi connectivity index (χ0n) is 22.4. The third-order valence-electron chi connectivity index (χ3n) is 7.36. The predicted molar refractivity (Wildman–Crippen MR) is 144 cm³/mol. The lowest BCUT2D eigenvalue weighted by atomic mass is 9.86. The number of carbonyl (C=O) groups is 2. The second-order valence-electron chi connectivity index (χ2n) is 10.0. The largest absolute Gasteiger partial charge is 0.453 e. The molecule has 2 fully saturated rings. The van der Waals surface area contributed by atoms with Gasteiger partial charge in [-0.25, -0.2) is 9.59 Å². The number of benzene rings is 1. The molecule has 3 amide bonds. The number of halogens is 1. The maximum Gasteiger partial charge on any atom is 0.406 e. The molecule has 4 atom stereocenters. The van der Waals surface area contributed by atoms with Crippen LogP contribution in [-0.4, -0.2) is 83.2 Å². The monoisotopic (exact) mass is 538 g/mol. The number of hydrogen-bond donors (Lipinski definition) is 3. The summed E-state index contributed by atoms with van der Waals surface area (Å²) in [7, 11) is 3.28. The van der Waals surface area contributed by atoms with Crippen LogP contribution < -0.4 is 16.0 Å². The topological polar surface area (TPSA) is 101 Å². The van der Waals surface area contributed by atoms with Crippen molar-refractivity contribution in [3.8, 4) is 0 Å². The van der Waals surface area contributed by atoms with Gasteiger partial charge in [0.1, 0.15) is 0 Å². The average molecular weight is 539 g/mol. The SMILES string of the molecule is CN[C@@H](CNC(=O)N1CCCC([C@@H](OCCNC(=O)OC)c2cc(Cl)ccc2C)C1)CC1CCCOC1. The van der Waals surface area contributed by atoms with Crippen LogP contribution in [0.15, 0.2) is 18.2 Å². The Hall–Kier alpha value is -2.07. The van der Waals surface area contributed by atoms with E-state index in [1.54, 1.807) is 0 Å². The zero-order chi connectivity index (χ0) is 26.6. The molecule has 1 aromatic carbocycles. The quantitative estimate of drug-likeness (QED) is 0.370. The Morgan fingerprint density at radius 1 is 1.24 bits per heavy atom. The number of aryl methyl sites for hydroxylation is 1. The molecule has 0 aromatic heterocycles. The predicted octanol–water partition coefficient (Wildman–Crippen LogP) is 3.89. The van der Waals surface area contributed by atoms with Crippen LogP contribution in [0.4, 0.5) is 9.59 Å². The molecule has 2 aliphatic rings. The Balaban J connectivity index is 1.60. The summed E-state index contributed by atoms with van der Waals surface area (Å²) in [6.07, 6.45) is 4.37. The van der Waals surface area contributed by atoms with Gasteiger partial charge in [-0.1, -0.05) is 17.7 Å². The van der Waals surface area contributed by atoms with Crippen molar-refractivity contribution in [3.63, 3.8) is 0 Å². The van der Waals surface area contributed by atoms with Gasteiger partial charge in [0.05, 0.1) is 19.8 Å². The summed E-state index contributed by atoms with van der Waals surface area (Å²) in [4.78, 5) is 26.5. The minimum Gasteiger partial charge on any atom is -0.453 e. The van der Waals surface area contributed by atoms with Gasteiger partial charge in [0.15, 0.2) is 0 Å². The summed E-state index contributed by atoms with van der Waals surface area (Å²) in [6.45, 7) is 6.24. The molecule has 208 valence electrons. The van der Waals surface area contributed by atoms with Gasteiger partial charge in [-0.3, -0.25) is 0 Å². The van der Waals surface area contributed by atoms with Gasteiger partial charge in [0.25, 0.3) is 0 Å². The lowest BCUT2D eigenvalue weighted by Gasteiger charge is -2.38. The van der Waals surface area contributed by atoms with E-state index in [-0.39, 0.29) is 24.1 Å². The fraction of sp³-hybridized carbons (Fsp3) is 0.704. The summed E-state index contributed by atoms with van der Waals surface area (Å²) in [6, 6.07) is 5.97. The van der Waals surface area contributed by atoms with E-state index in [1.165, 1.54) is 13.5 Å². The van der Waals surface area contributed by atoms with E-state index in [4.69, 9.17) is 21.1 Å². The Labute approximate surface area is 225 Å². The van der Waals surface area contributed by atoms with E-state index in [0.717, 1.165) is 50.0 Å². The summed E-state index contributed by atoms with van der Waals surface area (Å²) in [5.74, 6) is 0.643. The number of methoxy groups -OCH3 is 1. The van der Waals surface area contributed by atoms with E-state index in [2.05, 4.69) is 20.7 Å². The Kier molecular flexibility index (Phi) is 12.2. The number of alkyl carbamates (subject to hydrolysis) is 1. The first-order valence-electron chi connectivity index (χ1n) is 13.4. The van der Waals surface area contributed by atoms with Crippen LogP contribution in [0.25, 0.3) is 0 Å². The highest BCUT2D eigenvalue weighted by Gasteiger charge is 2.32. The van der Waals surface area contributed by atoms with Crippen LogP contribution in [0.1, 0.15) is 49.3 Å². The molecule has 0 spiro atoms. The number of piperidine rings is 1. The van der Waals surface area contributed by atoms with Crippen LogP contribution in [0, 0.1) is 18.8 Å². The molecule has 10 heteroatoms. The summed E-state index contributed by atoms with van der Waals surface area (Å²) in [5, 5.41) is 9.80. The Bertz CT molecular complexity index is 867. The van der Waals surface area contributed by atoms with Crippen molar-refractivity contribution in [1.82, 2.24) is 20.9 Å². The third-order valence-corrected chi connectivity index (χ3v) is 7.59. The van der Waals surface area contributed by atoms with Crippen LogP contribution in [0.3, 0.4) is 0 Å². The lowest BCUT2D eigenvalue weighted by molar-refractivity contribution is -0.00885. The van der Waals surface area contributed by atoms with Crippen molar-refractivity contribution >= 4 is 23.7 Å². The highest BCUT2D eigenvalue weighted by molar-refractivity contribution is 6.30. The van der Waals surface area contributed by atoms with Crippen molar-refractivity contribution in [2.24, 2.45) is 11.8 Å². The van der Waals surface area contributed by atoms with E-state index in [0.29, 0.717) is 43.7 Å². The second kappa shape index (κ2) is 15.4. The normalized spacial score (nSPS) is 21.7. The fourth-order valence-electron chi connectivity index (χ4n) is 5.27. The van der Waals surface area contributed by atoms with Crippen molar-refractivity contribution in [1.29, 1.82) is 0 Å². The van der Waals surface area contributed by atoms with Crippen molar-refractivity contribution < 1.29 is 23.8 Å². The molecule has 2 heterocycles. The number of nitrogens with zero attached hydrogens (tertiary/aromatic N) is 1. The molecule has 0 bridgehead atoms. The van der Waals surface area contributed by atoms with E-state index >= 15 is 0 Å². The number of likely N-dealkylation sites (N-methyl/N-ethyl adjacent to an activating group) is 1. The number of amides is 3. The molecule has 3 N–H and O–H groups in total. The van der Waals surface area contributed by atoms with Crippen LogP contribution in [0.2, 0.25) is 5.02 Å². The highest BCUT2D eigenvalue weighted by Crippen LogP contribution is 2.35. The number of urea groups is 1. The first-order chi connectivity index (χ1) is 17.9. The molecule has 0 radical (unpaired) electrons.